The molecule has 100 valence electrons. The Labute approximate surface area is 118 Å². The third kappa shape index (κ3) is 2.37. The number of carbonyl (C=O) groups is 1. The average Bonchev–Trinajstić information content (AvgIpc) is 2.98. The summed E-state index contributed by atoms with van der Waals surface area (Å²) >= 11 is 1.03. The Morgan fingerprint density at radius 3 is 2.75 bits per heavy atom. The van der Waals surface area contributed by atoms with Crippen LogP contribution in [0.4, 0.5) is 4.39 Å². The topological polar surface area (TPSA) is 66.1 Å². The van der Waals surface area contributed by atoms with Crippen molar-refractivity contribution < 1.29 is 13.6 Å². The highest BCUT2D eigenvalue weighted by molar-refractivity contribution is 8.18. The van der Waals surface area contributed by atoms with Gasteiger partial charge in [0, 0.05) is 6.08 Å². The van der Waals surface area contributed by atoms with Crippen molar-refractivity contribution in [3.63, 3.8) is 0 Å². The molecule has 20 heavy (non-hydrogen) atoms. The summed E-state index contributed by atoms with van der Waals surface area (Å²) in [6, 6.07) is 9.62. The van der Waals surface area contributed by atoms with Gasteiger partial charge in [-0.25, -0.2) is 4.39 Å². The maximum atomic E-state index is 13.6. The minimum Gasteiger partial charge on any atom is -0.457 e. The molecular formula is C14H9FN2O2S. The Morgan fingerprint density at radius 2 is 2.05 bits per heavy atom. The van der Waals surface area contributed by atoms with E-state index in [9.17, 15) is 9.18 Å². The number of thioether (sulfide) groups is 1. The molecule has 0 aliphatic carbocycles. The summed E-state index contributed by atoms with van der Waals surface area (Å²) in [6.07, 6.45) is 1.53. The summed E-state index contributed by atoms with van der Waals surface area (Å²) in [4.78, 5) is 11.9. The molecule has 1 aromatic carbocycles. The third-order valence-electron chi connectivity index (χ3n) is 2.70. The maximum Gasteiger partial charge on any atom is 0.264 e. The molecule has 6 heteroatoms. The SMILES string of the molecule is N=C1NC(=O)/C(=C/c2ccc(-c3ccccc3F)o2)S1. The Balaban J connectivity index is 1.92. The minimum absolute atomic E-state index is 0.0853. The number of amidine groups is 1. The van der Waals surface area contributed by atoms with Crippen LogP contribution in [0.15, 0.2) is 45.7 Å². The molecule has 1 saturated heterocycles. The lowest BCUT2D eigenvalue weighted by Crippen LogP contribution is -2.18. The van der Waals surface area contributed by atoms with E-state index in [1.165, 1.54) is 12.1 Å². The van der Waals surface area contributed by atoms with Gasteiger partial charge >= 0.3 is 0 Å². The van der Waals surface area contributed by atoms with E-state index in [0.29, 0.717) is 22.0 Å². The molecule has 2 heterocycles. The Hall–Kier alpha value is -2.34. The summed E-state index contributed by atoms with van der Waals surface area (Å²) in [5.41, 5.74) is 0.369. The van der Waals surface area contributed by atoms with Crippen LogP contribution >= 0.6 is 11.8 Å². The normalized spacial score (nSPS) is 16.8. The van der Waals surface area contributed by atoms with Crippen molar-refractivity contribution in [1.29, 1.82) is 5.41 Å². The van der Waals surface area contributed by atoms with Gasteiger partial charge in [0.05, 0.1) is 10.5 Å². The third-order valence-corrected chi connectivity index (χ3v) is 3.53. The zero-order valence-electron chi connectivity index (χ0n) is 10.1. The largest absolute Gasteiger partial charge is 0.457 e. The van der Waals surface area contributed by atoms with Crippen LogP contribution < -0.4 is 5.32 Å². The van der Waals surface area contributed by atoms with Gasteiger partial charge in [0.2, 0.25) is 0 Å². The molecule has 1 amide bonds. The molecule has 4 nitrogen and oxygen atoms in total. The number of amides is 1. The summed E-state index contributed by atoms with van der Waals surface area (Å²) in [7, 11) is 0. The van der Waals surface area contributed by atoms with Crippen LogP contribution in [0.3, 0.4) is 0 Å². The second-order valence-corrected chi connectivity index (χ2v) is 5.13. The van der Waals surface area contributed by atoms with Crippen LogP contribution in [0, 0.1) is 11.2 Å². The molecule has 0 unspecified atom stereocenters. The smallest absolute Gasteiger partial charge is 0.264 e. The van der Waals surface area contributed by atoms with Crippen LogP contribution in [0.25, 0.3) is 17.4 Å². The second kappa shape index (κ2) is 4.97. The minimum atomic E-state index is -0.365. The number of rotatable bonds is 2. The van der Waals surface area contributed by atoms with Crippen molar-refractivity contribution in [2.45, 2.75) is 0 Å². The lowest BCUT2D eigenvalue weighted by Gasteiger charge is -1.97. The number of carbonyl (C=O) groups excluding carboxylic acids is 1. The van der Waals surface area contributed by atoms with Crippen LogP contribution in [-0.4, -0.2) is 11.1 Å². The summed E-state index contributed by atoms with van der Waals surface area (Å²) in [5.74, 6) is 0.142. The van der Waals surface area contributed by atoms with Gasteiger partial charge in [-0.1, -0.05) is 12.1 Å². The van der Waals surface area contributed by atoms with Crippen molar-refractivity contribution in [3.05, 3.63) is 52.9 Å². The number of benzene rings is 1. The van der Waals surface area contributed by atoms with Gasteiger partial charge in [-0.2, -0.15) is 0 Å². The Morgan fingerprint density at radius 1 is 1.25 bits per heavy atom. The highest BCUT2D eigenvalue weighted by atomic mass is 32.2. The molecule has 0 spiro atoms. The molecule has 1 aromatic heterocycles. The summed E-state index contributed by atoms with van der Waals surface area (Å²) in [6.45, 7) is 0. The summed E-state index contributed by atoms with van der Waals surface area (Å²) < 4.78 is 19.1. The van der Waals surface area contributed by atoms with E-state index < -0.39 is 0 Å². The number of nitrogens with one attached hydrogen (secondary N) is 2. The molecule has 1 fully saturated rings. The van der Waals surface area contributed by atoms with Gasteiger partial charge in [0.1, 0.15) is 17.3 Å². The van der Waals surface area contributed by atoms with E-state index in [0.717, 1.165) is 11.8 Å². The zero-order chi connectivity index (χ0) is 14.1. The van der Waals surface area contributed by atoms with E-state index in [2.05, 4.69) is 5.32 Å². The van der Waals surface area contributed by atoms with Crippen molar-refractivity contribution in [2.75, 3.05) is 0 Å². The van der Waals surface area contributed by atoms with Crippen molar-refractivity contribution in [2.24, 2.45) is 0 Å². The molecule has 0 bridgehead atoms. The maximum absolute atomic E-state index is 13.6. The van der Waals surface area contributed by atoms with Crippen LogP contribution in [0.5, 0.6) is 0 Å². The zero-order valence-corrected chi connectivity index (χ0v) is 11.0. The quantitative estimate of drug-likeness (QED) is 0.834. The van der Waals surface area contributed by atoms with Crippen molar-refractivity contribution >= 4 is 28.9 Å². The number of hydrogen-bond acceptors (Lipinski definition) is 4. The molecule has 1 aliphatic heterocycles. The first-order valence-corrected chi connectivity index (χ1v) is 6.59. The van der Waals surface area contributed by atoms with E-state index in [-0.39, 0.29) is 16.9 Å². The molecule has 2 N–H and O–H groups in total. The standard InChI is InChI=1S/C14H9FN2O2S/c15-10-4-2-1-3-9(10)11-6-5-8(19-11)7-12-13(18)17-14(16)20-12/h1-7H,(H2,16,17,18)/b12-7-. The highest BCUT2D eigenvalue weighted by Gasteiger charge is 2.22. The van der Waals surface area contributed by atoms with Gasteiger partial charge in [-0.3, -0.25) is 10.2 Å². The fourth-order valence-corrected chi connectivity index (χ4v) is 2.49. The van der Waals surface area contributed by atoms with E-state index in [4.69, 9.17) is 9.83 Å². The van der Waals surface area contributed by atoms with Crippen molar-refractivity contribution in [1.82, 2.24) is 5.32 Å². The van der Waals surface area contributed by atoms with Crippen molar-refractivity contribution in [3.8, 4) is 11.3 Å². The Kier molecular flexibility index (Phi) is 3.15. The fourth-order valence-electron chi connectivity index (χ4n) is 1.81. The first kappa shape index (κ1) is 12.7. The van der Waals surface area contributed by atoms with Gasteiger partial charge in [0.25, 0.3) is 5.91 Å². The van der Waals surface area contributed by atoms with Crippen LogP contribution in [0.1, 0.15) is 5.76 Å². The predicted molar refractivity (Wildman–Crippen MR) is 75.5 cm³/mol. The van der Waals surface area contributed by atoms with E-state index >= 15 is 0 Å². The van der Waals surface area contributed by atoms with Gasteiger partial charge in [-0.15, -0.1) is 0 Å². The van der Waals surface area contributed by atoms with Gasteiger partial charge in [-0.05, 0) is 36.0 Å². The molecular weight excluding hydrogens is 279 g/mol. The fraction of sp³-hybridized carbons (Fsp3) is 0. The molecule has 3 rings (SSSR count). The van der Waals surface area contributed by atoms with Crippen LogP contribution in [0.2, 0.25) is 0 Å². The molecule has 0 saturated carbocycles. The molecule has 2 aromatic rings. The van der Waals surface area contributed by atoms with E-state index in [1.54, 1.807) is 30.3 Å². The van der Waals surface area contributed by atoms with Crippen LogP contribution in [-0.2, 0) is 4.79 Å². The Bertz CT molecular complexity index is 736. The monoisotopic (exact) mass is 288 g/mol. The first-order chi connectivity index (χ1) is 9.63. The molecule has 1 aliphatic rings. The molecule has 0 atom stereocenters. The predicted octanol–water partition coefficient (Wildman–Crippen LogP) is 3.22. The number of furan rings is 1. The van der Waals surface area contributed by atoms with Gasteiger partial charge < -0.3 is 9.73 Å². The lowest BCUT2D eigenvalue weighted by atomic mass is 10.1. The highest BCUT2D eigenvalue weighted by Crippen LogP contribution is 2.29. The van der Waals surface area contributed by atoms with E-state index in [1.807, 2.05) is 0 Å². The first-order valence-electron chi connectivity index (χ1n) is 5.77. The number of halogens is 1. The average molecular weight is 288 g/mol. The number of hydrogen-bond donors (Lipinski definition) is 2. The lowest BCUT2D eigenvalue weighted by molar-refractivity contribution is -0.115. The van der Waals surface area contributed by atoms with Gasteiger partial charge in [0.15, 0.2) is 5.17 Å². The molecule has 0 radical (unpaired) electrons. The second-order valence-electron chi connectivity index (χ2n) is 4.08. The summed E-state index contributed by atoms with van der Waals surface area (Å²) in [5, 5.41) is 9.81.